The molecule has 0 unspecified atom stereocenters. The van der Waals surface area contributed by atoms with Gasteiger partial charge in [-0.05, 0) is 35.4 Å². The third-order valence-corrected chi connectivity index (χ3v) is 2.59. The molecule has 0 spiro atoms. The van der Waals surface area contributed by atoms with Crippen LogP contribution in [0.15, 0.2) is 48.5 Å². The third-order valence-electron chi connectivity index (χ3n) is 2.59. The van der Waals surface area contributed by atoms with E-state index in [9.17, 15) is 5.11 Å². The van der Waals surface area contributed by atoms with Crippen molar-refractivity contribution in [2.75, 3.05) is 6.54 Å². The average molecular weight is 237 g/mol. The highest BCUT2D eigenvalue weighted by atomic mass is 16.3. The minimum absolute atomic E-state index is 0.281. The number of hydrogen-bond donors (Lipinski definition) is 2. The maximum absolute atomic E-state index is 9.24. The number of phenolic OH excluding ortho intramolecular Hbond substituents is 1. The largest absolute Gasteiger partial charge is 0.508 e. The Balaban J connectivity index is 2.18. The molecule has 0 fully saturated rings. The number of phenols is 1. The van der Waals surface area contributed by atoms with Crippen molar-refractivity contribution in [2.45, 2.75) is 6.42 Å². The molecule has 2 rings (SSSR count). The summed E-state index contributed by atoms with van der Waals surface area (Å²) in [5.41, 5.74) is 8.56. The van der Waals surface area contributed by atoms with Gasteiger partial charge in [0.05, 0.1) is 0 Å². The van der Waals surface area contributed by atoms with Crippen LogP contribution in [0.25, 0.3) is 11.1 Å². The normalized spacial score (nSPS) is 9.61. The van der Waals surface area contributed by atoms with Crippen LogP contribution in [0.5, 0.6) is 5.75 Å². The lowest BCUT2D eigenvalue weighted by Gasteiger charge is -2.01. The number of nitrogens with two attached hydrogens (primary N) is 1. The summed E-state index contributed by atoms with van der Waals surface area (Å²) >= 11 is 0. The van der Waals surface area contributed by atoms with Crippen molar-refractivity contribution in [2.24, 2.45) is 5.73 Å². The van der Waals surface area contributed by atoms with Crippen LogP contribution < -0.4 is 5.73 Å². The van der Waals surface area contributed by atoms with E-state index in [0.29, 0.717) is 6.54 Å². The smallest absolute Gasteiger partial charge is 0.115 e. The van der Waals surface area contributed by atoms with E-state index < -0.39 is 0 Å². The van der Waals surface area contributed by atoms with Gasteiger partial charge in [-0.2, -0.15) is 0 Å². The van der Waals surface area contributed by atoms with Crippen LogP contribution in [0.3, 0.4) is 0 Å². The molecule has 2 aromatic rings. The molecule has 3 N–H and O–H groups in total. The maximum Gasteiger partial charge on any atom is 0.115 e. The highest BCUT2D eigenvalue weighted by Gasteiger charge is 1.97. The minimum atomic E-state index is 0.281. The molecule has 2 aromatic carbocycles. The van der Waals surface area contributed by atoms with Gasteiger partial charge in [0.15, 0.2) is 0 Å². The zero-order chi connectivity index (χ0) is 12.8. The van der Waals surface area contributed by atoms with Crippen LogP contribution in [0, 0.1) is 11.8 Å². The summed E-state index contributed by atoms with van der Waals surface area (Å²) in [6.07, 6.45) is 0.722. The van der Waals surface area contributed by atoms with Crippen molar-refractivity contribution in [1.29, 1.82) is 0 Å². The Morgan fingerprint density at radius 3 is 2.00 bits per heavy atom. The van der Waals surface area contributed by atoms with Crippen molar-refractivity contribution in [1.82, 2.24) is 0 Å². The summed E-state index contributed by atoms with van der Waals surface area (Å²) in [5, 5.41) is 9.24. The van der Waals surface area contributed by atoms with E-state index in [2.05, 4.69) is 11.8 Å². The highest BCUT2D eigenvalue weighted by Crippen LogP contribution is 2.21. The molecule has 0 saturated carbocycles. The topological polar surface area (TPSA) is 46.2 Å². The number of aromatic hydroxyl groups is 1. The Bertz CT molecular complexity index is 559. The van der Waals surface area contributed by atoms with E-state index in [-0.39, 0.29) is 5.75 Å². The number of hydrogen-bond acceptors (Lipinski definition) is 2. The number of rotatable bonds is 2. The molecular weight excluding hydrogens is 222 g/mol. The van der Waals surface area contributed by atoms with Crippen LogP contribution in [0.1, 0.15) is 12.0 Å². The van der Waals surface area contributed by atoms with Gasteiger partial charge < -0.3 is 10.8 Å². The fourth-order valence-electron chi connectivity index (χ4n) is 1.64. The molecule has 0 aliphatic rings. The fourth-order valence-corrected chi connectivity index (χ4v) is 1.64. The molecule has 0 aliphatic heterocycles. The molecule has 0 atom stereocenters. The standard InChI is InChI=1S/C16H15NO/c17-12-2-1-3-13-4-6-14(7-5-13)15-8-10-16(18)11-9-15/h4-11,18H,2,12,17H2. The first-order chi connectivity index (χ1) is 8.79. The fraction of sp³-hybridized carbons (Fsp3) is 0.125. The van der Waals surface area contributed by atoms with Crippen molar-refractivity contribution in [3.8, 4) is 28.7 Å². The summed E-state index contributed by atoms with van der Waals surface area (Å²) in [6, 6.07) is 15.2. The van der Waals surface area contributed by atoms with Gasteiger partial charge in [-0.1, -0.05) is 36.1 Å². The lowest BCUT2D eigenvalue weighted by molar-refractivity contribution is 0.475. The van der Waals surface area contributed by atoms with Crippen LogP contribution in [0.4, 0.5) is 0 Å². The second-order valence-electron chi connectivity index (χ2n) is 3.96. The first-order valence-electron chi connectivity index (χ1n) is 5.88. The van der Waals surface area contributed by atoms with Crippen molar-refractivity contribution in [3.63, 3.8) is 0 Å². The van der Waals surface area contributed by atoms with E-state index in [4.69, 9.17) is 5.73 Å². The maximum atomic E-state index is 9.24. The first kappa shape index (κ1) is 12.2. The lowest BCUT2D eigenvalue weighted by atomic mass is 10.0. The molecule has 0 aromatic heterocycles. The van der Waals surface area contributed by atoms with Gasteiger partial charge in [0, 0.05) is 18.5 Å². The molecule has 0 amide bonds. The Hall–Kier alpha value is -2.24. The summed E-state index contributed by atoms with van der Waals surface area (Å²) in [7, 11) is 0. The quantitative estimate of drug-likeness (QED) is 0.789. The molecular formula is C16H15NO. The Kier molecular flexibility index (Phi) is 4.01. The molecule has 18 heavy (non-hydrogen) atoms. The van der Waals surface area contributed by atoms with E-state index in [0.717, 1.165) is 23.1 Å². The second-order valence-corrected chi connectivity index (χ2v) is 3.96. The Labute approximate surface area is 107 Å². The van der Waals surface area contributed by atoms with Crippen molar-refractivity contribution >= 4 is 0 Å². The lowest BCUT2D eigenvalue weighted by Crippen LogP contribution is -1.95. The summed E-state index contributed by atoms with van der Waals surface area (Å²) in [6.45, 7) is 0.596. The number of benzene rings is 2. The van der Waals surface area contributed by atoms with Crippen molar-refractivity contribution in [3.05, 3.63) is 54.1 Å². The van der Waals surface area contributed by atoms with Gasteiger partial charge in [0.25, 0.3) is 0 Å². The second kappa shape index (κ2) is 5.90. The molecule has 0 radical (unpaired) electrons. The summed E-state index contributed by atoms with van der Waals surface area (Å²) < 4.78 is 0. The van der Waals surface area contributed by atoms with Gasteiger partial charge in [-0.25, -0.2) is 0 Å². The average Bonchev–Trinajstić information content (AvgIpc) is 2.41. The van der Waals surface area contributed by atoms with E-state index in [1.165, 1.54) is 0 Å². The van der Waals surface area contributed by atoms with Crippen LogP contribution in [-0.2, 0) is 0 Å². The van der Waals surface area contributed by atoms with E-state index >= 15 is 0 Å². The molecule has 0 bridgehead atoms. The SMILES string of the molecule is NCCC#Cc1ccc(-c2ccc(O)cc2)cc1. The van der Waals surface area contributed by atoms with Gasteiger partial charge in [0.1, 0.15) is 5.75 Å². The molecule has 0 aliphatic carbocycles. The van der Waals surface area contributed by atoms with E-state index in [1.807, 2.05) is 36.4 Å². The minimum Gasteiger partial charge on any atom is -0.508 e. The van der Waals surface area contributed by atoms with Gasteiger partial charge in [-0.15, -0.1) is 0 Å². The monoisotopic (exact) mass is 237 g/mol. The molecule has 90 valence electrons. The summed E-state index contributed by atoms with van der Waals surface area (Å²) in [5.74, 6) is 6.35. The zero-order valence-corrected chi connectivity index (χ0v) is 10.1. The predicted octanol–water partition coefficient (Wildman–Crippen LogP) is 2.76. The molecule has 0 heterocycles. The summed E-state index contributed by atoms with van der Waals surface area (Å²) in [4.78, 5) is 0. The molecule has 2 nitrogen and oxygen atoms in total. The van der Waals surface area contributed by atoms with Gasteiger partial charge in [-0.3, -0.25) is 0 Å². The highest BCUT2D eigenvalue weighted by molar-refractivity contribution is 5.65. The third kappa shape index (κ3) is 3.13. The zero-order valence-electron chi connectivity index (χ0n) is 10.1. The van der Waals surface area contributed by atoms with Gasteiger partial charge in [0.2, 0.25) is 0 Å². The van der Waals surface area contributed by atoms with Gasteiger partial charge >= 0.3 is 0 Å². The Morgan fingerprint density at radius 1 is 0.889 bits per heavy atom. The van der Waals surface area contributed by atoms with Crippen LogP contribution in [-0.4, -0.2) is 11.7 Å². The Morgan fingerprint density at radius 2 is 1.44 bits per heavy atom. The van der Waals surface area contributed by atoms with Crippen LogP contribution >= 0.6 is 0 Å². The van der Waals surface area contributed by atoms with Crippen LogP contribution in [0.2, 0.25) is 0 Å². The van der Waals surface area contributed by atoms with Crippen molar-refractivity contribution < 1.29 is 5.11 Å². The molecule has 2 heteroatoms. The molecule has 0 saturated heterocycles. The first-order valence-corrected chi connectivity index (χ1v) is 5.88. The van der Waals surface area contributed by atoms with E-state index in [1.54, 1.807) is 12.1 Å². The predicted molar refractivity (Wildman–Crippen MR) is 74.1 cm³/mol.